The van der Waals surface area contributed by atoms with Crippen LogP contribution < -0.4 is 16.0 Å². The van der Waals surface area contributed by atoms with Gasteiger partial charge in [-0.3, -0.25) is 14.5 Å². The molecule has 124 valence electrons. The number of hydrogen-bond acceptors (Lipinski definition) is 4. The van der Waals surface area contributed by atoms with E-state index in [1.807, 2.05) is 0 Å². The molecule has 0 aromatic rings. The number of imide groups is 1. The highest BCUT2D eigenvalue weighted by Crippen LogP contribution is 2.42. The van der Waals surface area contributed by atoms with Gasteiger partial charge >= 0.3 is 6.03 Å². The molecule has 1 aliphatic carbocycles. The number of piperidine rings is 1. The summed E-state index contributed by atoms with van der Waals surface area (Å²) in [5.41, 5.74) is -0.816. The van der Waals surface area contributed by atoms with Crippen molar-refractivity contribution in [1.29, 1.82) is 0 Å². The lowest BCUT2D eigenvalue weighted by Gasteiger charge is -2.25. The van der Waals surface area contributed by atoms with E-state index < -0.39 is 11.6 Å². The van der Waals surface area contributed by atoms with E-state index in [1.54, 1.807) is 6.92 Å². The van der Waals surface area contributed by atoms with Crippen LogP contribution in [0.1, 0.15) is 32.6 Å². The van der Waals surface area contributed by atoms with E-state index >= 15 is 0 Å². The molecule has 3 fully saturated rings. The number of carbonyl (C=O) groups is 3. The summed E-state index contributed by atoms with van der Waals surface area (Å²) >= 11 is 0. The third-order valence-electron chi connectivity index (χ3n) is 4.66. The van der Waals surface area contributed by atoms with Gasteiger partial charge in [-0.2, -0.15) is 0 Å². The van der Waals surface area contributed by atoms with Gasteiger partial charge in [0.05, 0.1) is 0 Å². The Morgan fingerprint density at radius 2 is 2.09 bits per heavy atom. The van der Waals surface area contributed by atoms with Gasteiger partial charge in [-0.25, -0.2) is 4.79 Å². The van der Waals surface area contributed by atoms with Gasteiger partial charge in [0.2, 0.25) is 5.91 Å². The Hall–Kier alpha value is -1.34. The maximum absolute atomic E-state index is 12.4. The molecule has 1 saturated carbocycles. The van der Waals surface area contributed by atoms with Crippen LogP contribution in [0.25, 0.3) is 0 Å². The van der Waals surface area contributed by atoms with Gasteiger partial charge in [0.1, 0.15) is 12.1 Å². The van der Waals surface area contributed by atoms with Gasteiger partial charge in [-0.15, -0.1) is 12.4 Å². The fourth-order valence-electron chi connectivity index (χ4n) is 3.19. The number of amides is 4. The average Bonchev–Trinajstić information content (AvgIpc) is 3.26. The zero-order valence-electron chi connectivity index (χ0n) is 12.7. The van der Waals surface area contributed by atoms with Crippen molar-refractivity contribution in [3.63, 3.8) is 0 Å². The van der Waals surface area contributed by atoms with Gasteiger partial charge in [-0.05, 0) is 45.1 Å². The molecule has 2 aliphatic heterocycles. The summed E-state index contributed by atoms with van der Waals surface area (Å²) in [7, 11) is 0. The van der Waals surface area contributed by atoms with Crippen LogP contribution in [-0.4, -0.2) is 54.0 Å². The number of nitrogens with one attached hydrogen (secondary N) is 3. The summed E-state index contributed by atoms with van der Waals surface area (Å²) in [6.07, 6.45) is 3.86. The fraction of sp³-hybridized carbons (Fsp3) is 0.786. The summed E-state index contributed by atoms with van der Waals surface area (Å²) < 4.78 is 0. The van der Waals surface area contributed by atoms with Gasteiger partial charge in [0.15, 0.2) is 0 Å². The van der Waals surface area contributed by atoms with E-state index in [0.717, 1.165) is 43.7 Å². The minimum Gasteiger partial charge on any atom is -0.351 e. The molecular weight excluding hydrogens is 308 g/mol. The topological polar surface area (TPSA) is 90.5 Å². The normalized spacial score (nSPS) is 31.5. The zero-order valence-corrected chi connectivity index (χ0v) is 13.5. The van der Waals surface area contributed by atoms with Crippen LogP contribution in [0.4, 0.5) is 4.79 Å². The molecule has 0 bridgehead atoms. The van der Waals surface area contributed by atoms with Crippen LogP contribution in [0.3, 0.4) is 0 Å². The number of hydrogen-bond donors (Lipinski definition) is 3. The highest BCUT2D eigenvalue weighted by atomic mass is 35.5. The molecule has 0 spiro atoms. The molecule has 8 heteroatoms. The van der Waals surface area contributed by atoms with Gasteiger partial charge in [-0.1, -0.05) is 0 Å². The Labute approximate surface area is 136 Å². The van der Waals surface area contributed by atoms with Crippen LogP contribution in [0, 0.1) is 5.92 Å². The molecule has 3 N–H and O–H groups in total. The zero-order chi connectivity index (χ0) is 15.0. The van der Waals surface area contributed by atoms with Crippen LogP contribution in [-0.2, 0) is 9.59 Å². The first-order valence-corrected chi connectivity index (χ1v) is 7.65. The molecule has 2 unspecified atom stereocenters. The Morgan fingerprint density at radius 1 is 1.36 bits per heavy atom. The van der Waals surface area contributed by atoms with Crippen molar-refractivity contribution in [1.82, 2.24) is 20.9 Å². The molecule has 0 radical (unpaired) electrons. The standard InChI is InChI=1S/C14H22N4O3.ClH/c1-14(9-4-5-9)12(20)18(13(21)17-14)8-11(19)16-10-3-2-6-15-7-10;/h9-10,15H,2-8H2,1H3,(H,16,19)(H,17,21);1H. The Morgan fingerprint density at radius 3 is 2.68 bits per heavy atom. The Kier molecular flexibility index (Phi) is 4.97. The van der Waals surface area contributed by atoms with Crippen LogP contribution in [0.2, 0.25) is 0 Å². The summed E-state index contributed by atoms with van der Waals surface area (Å²) in [5, 5.41) is 8.84. The molecular formula is C14H23ClN4O3. The number of rotatable bonds is 4. The van der Waals surface area contributed by atoms with Crippen LogP contribution in [0.15, 0.2) is 0 Å². The summed E-state index contributed by atoms with van der Waals surface area (Å²) in [6, 6.07) is -0.367. The van der Waals surface area contributed by atoms with Crippen LogP contribution >= 0.6 is 12.4 Å². The minimum atomic E-state index is -0.816. The third kappa shape index (κ3) is 3.20. The van der Waals surface area contributed by atoms with E-state index in [1.165, 1.54) is 0 Å². The number of urea groups is 1. The van der Waals surface area contributed by atoms with E-state index in [-0.39, 0.29) is 42.7 Å². The molecule has 3 rings (SSSR count). The van der Waals surface area contributed by atoms with Crippen molar-refractivity contribution in [2.24, 2.45) is 5.92 Å². The van der Waals surface area contributed by atoms with Crippen molar-refractivity contribution < 1.29 is 14.4 Å². The maximum atomic E-state index is 12.4. The predicted octanol–water partition coefficient (Wildman–Crippen LogP) is -0.00310. The molecule has 0 aromatic heterocycles. The van der Waals surface area contributed by atoms with Crippen molar-refractivity contribution in [3.8, 4) is 0 Å². The quantitative estimate of drug-likeness (QED) is 0.633. The van der Waals surface area contributed by atoms with Crippen molar-refractivity contribution in [2.75, 3.05) is 19.6 Å². The third-order valence-corrected chi connectivity index (χ3v) is 4.66. The van der Waals surface area contributed by atoms with Gasteiger partial charge in [0, 0.05) is 12.6 Å². The monoisotopic (exact) mass is 330 g/mol. The van der Waals surface area contributed by atoms with Crippen LogP contribution in [0.5, 0.6) is 0 Å². The van der Waals surface area contributed by atoms with E-state index in [2.05, 4.69) is 16.0 Å². The van der Waals surface area contributed by atoms with E-state index in [0.29, 0.717) is 0 Å². The molecule has 4 amide bonds. The Bertz CT molecular complexity index is 477. The second-order valence-corrected chi connectivity index (χ2v) is 6.41. The van der Waals surface area contributed by atoms with E-state index in [4.69, 9.17) is 0 Å². The van der Waals surface area contributed by atoms with Gasteiger partial charge in [0.25, 0.3) is 5.91 Å². The Balaban J connectivity index is 0.00000176. The first-order valence-electron chi connectivity index (χ1n) is 7.65. The molecule has 7 nitrogen and oxygen atoms in total. The van der Waals surface area contributed by atoms with Crippen molar-refractivity contribution >= 4 is 30.3 Å². The highest BCUT2D eigenvalue weighted by Gasteiger charge is 2.56. The smallest absolute Gasteiger partial charge is 0.325 e. The van der Waals surface area contributed by atoms with Crippen molar-refractivity contribution in [3.05, 3.63) is 0 Å². The largest absolute Gasteiger partial charge is 0.351 e. The number of nitrogens with zero attached hydrogens (tertiary/aromatic N) is 1. The average molecular weight is 331 g/mol. The summed E-state index contributed by atoms with van der Waals surface area (Å²) in [4.78, 5) is 37.4. The lowest BCUT2D eigenvalue weighted by atomic mass is 9.96. The summed E-state index contributed by atoms with van der Waals surface area (Å²) in [5.74, 6) is -0.330. The SMILES string of the molecule is CC1(C2CC2)NC(=O)N(CC(=O)NC2CCCNC2)C1=O.Cl. The summed E-state index contributed by atoms with van der Waals surface area (Å²) in [6.45, 7) is 3.28. The van der Waals surface area contributed by atoms with Crippen molar-refractivity contribution in [2.45, 2.75) is 44.2 Å². The predicted molar refractivity (Wildman–Crippen MR) is 82.7 cm³/mol. The molecule has 0 aromatic carbocycles. The molecule has 2 atom stereocenters. The maximum Gasteiger partial charge on any atom is 0.325 e. The lowest BCUT2D eigenvalue weighted by molar-refractivity contribution is -0.135. The molecule has 2 heterocycles. The van der Waals surface area contributed by atoms with Gasteiger partial charge < -0.3 is 16.0 Å². The molecule has 2 saturated heterocycles. The molecule has 3 aliphatic rings. The molecule has 22 heavy (non-hydrogen) atoms. The number of carbonyl (C=O) groups excluding carboxylic acids is 3. The first-order chi connectivity index (χ1) is 10.0. The fourth-order valence-corrected chi connectivity index (χ4v) is 3.19. The van der Waals surface area contributed by atoms with E-state index in [9.17, 15) is 14.4 Å². The second kappa shape index (κ2) is 6.42. The number of halogens is 1. The first kappa shape index (κ1) is 17.0. The second-order valence-electron chi connectivity index (χ2n) is 6.41. The lowest BCUT2D eigenvalue weighted by Crippen LogP contribution is -2.50. The minimum absolute atomic E-state index is 0. The highest BCUT2D eigenvalue weighted by molar-refractivity contribution is 6.09.